The Kier molecular flexibility index (Phi) is 6.51. The first-order valence-corrected chi connectivity index (χ1v) is 8.93. The van der Waals surface area contributed by atoms with Crippen molar-refractivity contribution in [2.45, 2.75) is 39.7 Å². The fourth-order valence-corrected chi connectivity index (χ4v) is 2.92. The van der Waals surface area contributed by atoms with Gasteiger partial charge in [0.1, 0.15) is 0 Å². The van der Waals surface area contributed by atoms with E-state index in [9.17, 15) is 23.2 Å². The third kappa shape index (κ3) is 4.81. The highest BCUT2D eigenvalue weighted by molar-refractivity contribution is 6.04. The fraction of sp³-hybridized carbons (Fsp3) is 0.526. The molecule has 1 unspecified atom stereocenters. The molecule has 0 aliphatic carbocycles. The Hall–Kier alpha value is -2.51. The van der Waals surface area contributed by atoms with Gasteiger partial charge in [-0.2, -0.15) is 0 Å². The molecule has 1 fully saturated rings. The van der Waals surface area contributed by atoms with Crippen molar-refractivity contribution >= 4 is 17.8 Å². The quantitative estimate of drug-likeness (QED) is 0.820. The molecule has 2 N–H and O–H groups in total. The summed E-state index contributed by atoms with van der Waals surface area (Å²) >= 11 is 0. The van der Waals surface area contributed by atoms with Crippen LogP contribution in [0.15, 0.2) is 12.1 Å². The lowest BCUT2D eigenvalue weighted by atomic mass is 9.94. The van der Waals surface area contributed by atoms with Crippen LogP contribution >= 0.6 is 0 Å². The van der Waals surface area contributed by atoms with Gasteiger partial charge in [-0.1, -0.05) is 13.8 Å². The van der Waals surface area contributed by atoms with Gasteiger partial charge < -0.3 is 15.3 Å². The lowest BCUT2D eigenvalue weighted by Gasteiger charge is -2.32. The van der Waals surface area contributed by atoms with Crippen molar-refractivity contribution in [3.63, 3.8) is 0 Å². The van der Waals surface area contributed by atoms with Crippen LogP contribution in [0, 0.1) is 23.5 Å². The molecule has 2 rings (SSSR count). The molecule has 6 nitrogen and oxygen atoms in total. The molecule has 2 amide bonds. The van der Waals surface area contributed by atoms with Crippen LogP contribution in [0.5, 0.6) is 0 Å². The van der Waals surface area contributed by atoms with Gasteiger partial charge in [0.2, 0.25) is 5.91 Å². The van der Waals surface area contributed by atoms with Gasteiger partial charge in [0.05, 0.1) is 11.1 Å². The number of nitrogens with one attached hydrogen (secondary N) is 1. The van der Waals surface area contributed by atoms with E-state index >= 15 is 0 Å². The first kappa shape index (κ1) is 20.8. The number of rotatable bonds is 5. The molecule has 0 radical (unpaired) electrons. The monoisotopic (exact) mass is 382 g/mol. The molecule has 1 saturated heterocycles. The topological polar surface area (TPSA) is 86.7 Å². The summed E-state index contributed by atoms with van der Waals surface area (Å²) in [6, 6.07) is 1.17. The summed E-state index contributed by atoms with van der Waals surface area (Å²) in [6.07, 6.45) is 0.850. The van der Waals surface area contributed by atoms with E-state index in [2.05, 4.69) is 5.32 Å². The van der Waals surface area contributed by atoms with Crippen LogP contribution in [-0.4, -0.2) is 46.9 Å². The molecule has 1 aliphatic heterocycles. The number of benzene rings is 1. The minimum atomic E-state index is -1.51. The number of likely N-dealkylation sites (tertiary alicyclic amines) is 1. The predicted octanol–water partition coefficient (Wildman–Crippen LogP) is 2.68. The summed E-state index contributed by atoms with van der Waals surface area (Å²) < 4.78 is 26.8. The Morgan fingerprint density at radius 1 is 1.07 bits per heavy atom. The maximum Gasteiger partial charge on any atom is 0.336 e. The molecule has 0 bridgehead atoms. The summed E-state index contributed by atoms with van der Waals surface area (Å²) in [7, 11) is 0. The summed E-state index contributed by atoms with van der Waals surface area (Å²) in [6.45, 7) is 6.43. The van der Waals surface area contributed by atoms with Crippen molar-refractivity contribution in [2.24, 2.45) is 11.8 Å². The van der Waals surface area contributed by atoms with Crippen molar-refractivity contribution in [3.05, 3.63) is 34.9 Å². The second kappa shape index (κ2) is 8.45. The van der Waals surface area contributed by atoms with Crippen LogP contribution in [0.4, 0.5) is 8.78 Å². The number of piperidine rings is 1. The van der Waals surface area contributed by atoms with Crippen LogP contribution in [0.3, 0.4) is 0 Å². The fourth-order valence-electron chi connectivity index (χ4n) is 2.92. The lowest BCUT2D eigenvalue weighted by molar-refractivity contribution is -0.127. The number of nitrogens with zero attached hydrogens (tertiary/aromatic N) is 1. The zero-order chi connectivity index (χ0) is 20.3. The van der Waals surface area contributed by atoms with Crippen LogP contribution < -0.4 is 5.32 Å². The Bertz CT molecular complexity index is 743. The minimum absolute atomic E-state index is 0.0393. The van der Waals surface area contributed by atoms with E-state index in [0.717, 1.165) is 0 Å². The number of carbonyl (C=O) groups excluding carboxylic acids is 2. The summed E-state index contributed by atoms with van der Waals surface area (Å²) in [4.78, 5) is 37.5. The molecule has 1 heterocycles. The minimum Gasteiger partial charge on any atom is -0.478 e. The molecule has 8 heteroatoms. The van der Waals surface area contributed by atoms with Crippen LogP contribution in [0.25, 0.3) is 0 Å². The molecular weight excluding hydrogens is 358 g/mol. The predicted molar refractivity (Wildman–Crippen MR) is 94.4 cm³/mol. The number of aromatic carboxylic acids is 1. The molecule has 1 aliphatic rings. The van der Waals surface area contributed by atoms with E-state index in [1.165, 1.54) is 4.90 Å². The molecule has 1 aromatic rings. The molecule has 27 heavy (non-hydrogen) atoms. The number of hydrogen-bond acceptors (Lipinski definition) is 3. The SMILES string of the molecule is CC(C)C(C)NC(=O)C1CCN(C(=O)c2cc(F)c(F)cc2C(=O)O)CC1. The second-order valence-corrected chi connectivity index (χ2v) is 7.22. The Morgan fingerprint density at radius 2 is 1.59 bits per heavy atom. The maximum absolute atomic E-state index is 13.5. The number of carboxylic acids is 1. The van der Waals surface area contributed by atoms with Crippen molar-refractivity contribution in [1.29, 1.82) is 0 Å². The number of halogens is 2. The molecular formula is C19H24F2N2O4. The van der Waals surface area contributed by atoms with Gasteiger partial charge in [-0.05, 0) is 37.8 Å². The van der Waals surface area contributed by atoms with Gasteiger partial charge in [-0.15, -0.1) is 0 Å². The highest BCUT2D eigenvalue weighted by Gasteiger charge is 2.31. The molecule has 0 saturated carbocycles. The van der Waals surface area contributed by atoms with Crippen molar-refractivity contribution < 1.29 is 28.3 Å². The summed E-state index contributed by atoms with van der Waals surface area (Å²) in [5.74, 6) is -4.78. The van der Waals surface area contributed by atoms with Gasteiger partial charge in [-0.3, -0.25) is 9.59 Å². The molecule has 0 spiro atoms. The van der Waals surface area contributed by atoms with Crippen LogP contribution in [0.2, 0.25) is 0 Å². The summed E-state index contributed by atoms with van der Waals surface area (Å²) in [5, 5.41) is 12.1. The third-order valence-corrected chi connectivity index (χ3v) is 5.04. The van der Waals surface area contributed by atoms with E-state index in [4.69, 9.17) is 5.11 Å². The lowest BCUT2D eigenvalue weighted by Crippen LogP contribution is -2.46. The average Bonchev–Trinajstić information content (AvgIpc) is 2.62. The van der Waals surface area contributed by atoms with Crippen LogP contribution in [0.1, 0.15) is 54.3 Å². The van der Waals surface area contributed by atoms with Gasteiger partial charge >= 0.3 is 5.97 Å². The zero-order valence-electron chi connectivity index (χ0n) is 15.6. The first-order chi connectivity index (χ1) is 12.6. The van der Waals surface area contributed by atoms with Gasteiger partial charge in [0, 0.05) is 25.0 Å². The molecule has 1 atom stereocenters. The highest BCUT2D eigenvalue weighted by Crippen LogP contribution is 2.23. The number of hydrogen-bond donors (Lipinski definition) is 2. The highest BCUT2D eigenvalue weighted by atomic mass is 19.2. The van der Waals surface area contributed by atoms with Gasteiger partial charge in [0.15, 0.2) is 11.6 Å². The smallest absolute Gasteiger partial charge is 0.336 e. The Morgan fingerprint density at radius 3 is 2.07 bits per heavy atom. The number of amides is 2. The number of carboxylic acid groups (broad SMARTS) is 1. The van der Waals surface area contributed by atoms with E-state index in [1.54, 1.807) is 0 Å². The largest absolute Gasteiger partial charge is 0.478 e. The first-order valence-electron chi connectivity index (χ1n) is 8.93. The standard InChI is InChI=1S/C19H24F2N2O4/c1-10(2)11(3)22-17(24)12-4-6-23(7-5-12)18(25)13-8-15(20)16(21)9-14(13)19(26)27/h8-12H,4-7H2,1-3H3,(H,22,24)(H,26,27). The van der Waals surface area contributed by atoms with Gasteiger partial charge in [0.25, 0.3) is 5.91 Å². The molecule has 1 aromatic carbocycles. The third-order valence-electron chi connectivity index (χ3n) is 5.04. The van der Waals surface area contributed by atoms with E-state index in [0.29, 0.717) is 30.9 Å². The van der Waals surface area contributed by atoms with Gasteiger partial charge in [-0.25, -0.2) is 13.6 Å². The van der Waals surface area contributed by atoms with Crippen LogP contribution in [-0.2, 0) is 4.79 Å². The molecule has 0 aromatic heterocycles. The second-order valence-electron chi connectivity index (χ2n) is 7.22. The summed E-state index contributed by atoms with van der Waals surface area (Å²) in [5.41, 5.74) is -0.970. The number of carbonyl (C=O) groups is 3. The average molecular weight is 382 g/mol. The Balaban J connectivity index is 2.06. The van der Waals surface area contributed by atoms with Crippen molar-refractivity contribution in [2.75, 3.05) is 13.1 Å². The van der Waals surface area contributed by atoms with E-state index in [-0.39, 0.29) is 31.0 Å². The Labute approximate surface area is 156 Å². The van der Waals surface area contributed by atoms with E-state index < -0.39 is 34.6 Å². The molecule has 148 valence electrons. The maximum atomic E-state index is 13.5. The van der Waals surface area contributed by atoms with E-state index in [1.807, 2.05) is 20.8 Å². The normalized spacial score (nSPS) is 16.3. The van der Waals surface area contributed by atoms with Crippen molar-refractivity contribution in [3.8, 4) is 0 Å². The van der Waals surface area contributed by atoms with Crippen molar-refractivity contribution in [1.82, 2.24) is 10.2 Å². The zero-order valence-corrected chi connectivity index (χ0v) is 15.6.